The molecule has 1 unspecified atom stereocenters. The first-order valence-electron chi connectivity index (χ1n) is 28.5. The number of rotatable bonds is 38. The molecule has 24 heteroatoms. The van der Waals surface area contributed by atoms with Crippen molar-refractivity contribution in [3.05, 3.63) is 157 Å². The van der Waals surface area contributed by atoms with Crippen LogP contribution in [0, 0.1) is 0 Å². The zero-order valence-corrected chi connectivity index (χ0v) is 49.3. The van der Waals surface area contributed by atoms with Crippen LogP contribution in [0.15, 0.2) is 156 Å². The van der Waals surface area contributed by atoms with Gasteiger partial charge in [0.2, 0.25) is 18.4 Å². The maximum Gasteiger partial charge on any atom is 0.304 e. The van der Waals surface area contributed by atoms with Crippen molar-refractivity contribution >= 4 is 77.8 Å². The van der Waals surface area contributed by atoms with Gasteiger partial charge >= 0.3 is 5.91 Å². The second-order valence-electron chi connectivity index (χ2n) is 20.1. The minimum absolute atomic E-state index is 0.00308. The van der Waals surface area contributed by atoms with E-state index in [0.29, 0.717) is 72.2 Å². The van der Waals surface area contributed by atoms with E-state index in [9.17, 15) is 41.1 Å². The lowest BCUT2D eigenvalue weighted by Gasteiger charge is -2.14. The highest BCUT2D eigenvalue weighted by Gasteiger charge is 2.19. The van der Waals surface area contributed by atoms with Gasteiger partial charge in [-0.25, -0.2) is 32.3 Å². The molecule has 84 heavy (non-hydrogen) atoms. The van der Waals surface area contributed by atoms with Crippen LogP contribution in [0.25, 0.3) is 0 Å². The number of aromatic nitrogens is 2. The number of hydroxylamine groups is 1. The SMILES string of the molecule is CCCCCCC(=O)Nc1cccc(S(=O)(=O)Nc2ccc(NNC(=O)C[n+]3cccc(C(=O)NCCCCCCNOCc4ccc[n+](CC(O)NNc5ccc(NS(=O)(=O)c6cccc(NC(=O)CCCCCC)c6)cc5)c4)c3)cc2)c1. The summed E-state index contributed by atoms with van der Waals surface area (Å²) in [7, 11) is -7.90. The number of carbonyl (C=O) groups excluding carboxylic acids is 4. The molecule has 0 fully saturated rings. The van der Waals surface area contributed by atoms with Gasteiger partial charge in [-0.15, -0.1) is 0 Å². The lowest BCUT2D eigenvalue weighted by molar-refractivity contribution is -0.704. The van der Waals surface area contributed by atoms with Crippen molar-refractivity contribution in [2.24, 2.45) is 0 Å². The van der Waals surface area contributed by atoms with E-state index in [0.717, 1.165) is 82.6 Å². The van der Waals surface area contributed by atoms with E-state index in [1.54, 1.807) is 102 Å². The van der Waals surface area contributed by atoms with Gasteiger partial charge in [-0.3, -0.25) is 44.3 Å². The standard InChI is InChI=1S/C60H78N12O10S2/c1-3-5-7-11-25-56(73)63-52-21-15-23-54(39-52)83(78,79)69-50-31-27-48(28-32-50)65-67-58(75)43-71-37-17-19-46(41-71)45-82-62-36-14-10-9-13-35-61-60(77)47-20-18-38-72(42-47)44-59(76)68-66-49-29-33-51(34-30-49)70-84(80,81)55-24-16-22-53(40-55)64-57(74)26-12-8-6-4-2/h15-24,27-34,37-42,58,62,65-67,69-70,75H,3-14,25-26,35-36,43-45H2,1-2H3,(H2-2,61,63,64,68,73,74,76,77)/p+2. The average molecular weight is 1190 g/mol. The third-order valence-electron chi connectivity index (χ3n) is 13.0. The Morgan fingerprint density at radius 2 is 1.06 bits per heavy atom. The summed E-state index contributed by atoms with van der Waals surface area (Å²) in [5, 5.41) is 19.2. The number of amides is 4. The molecule has 6 aromatic rings. The van der Waals surface area contributed by atoms with Crippen LogP contribution < -0.4 is 61.7 Å². The Morgan fingerprint density at radius 1 is 0.536 bits per heavy atom. The van der Waals surface area contributed by atoms with E-state index in [4.69, 9.17) is 4.84 Å². The van der Waals surface area contributed by atoms with Crippen LogP contribution in [0.2, 0.25) is 0 Å². The Kier molecular flexibility index (Phi) is 26.8. The fourth-order valence-electron chi connectivity index (χ4n) is 8.50. The van der Waals surface area contributed by atoms with Crippen LogP contribution in [-0.2, 0) is 59.0 Å². The van der Waals surface area contributed by atoms with Crippen LogP contribution >= 0.6 is 0 Å². The van der Waals surface area contributed by atoms with Crippen molar-refractivity contribution < 1.29 is 55.1 Å². The molecule has 11 N–H and O–H groups in total. The van der Waals surface area contributed by atoms with E-state index in [-0.39, 0.29) is 46.5 Å². The topological polar surface area (TPSA) is 294 Å². The highest BCUT2D eigenvalue weighted by Crippen LogP contribution is 2.23. The molecule has 22 nitrogen and oxygen atoms in total. The van der Waals surface area contributed by atoms with Crippen molar-refractivity contribution in [2.75, 3.05) is 44.0 Å². The third kappa shape index (κ3) is 23.7. The van der Waals surface area contributed by atoms with Gasteiger partial charge in [-0.05, 0) is 123 Å². The number of sulfonamides is 2. The summed E-state index contributed by atoms with van der Waals surface area (Å²) in [4.78, 5) is 56.1. The molecule has 0 saturated carbocycles. The molecule has 0 aliphatic carbocycles. The molecule has 0 radical (unpaired) electrons. The van der Waals surface area contributed by atoms with Crippen molar-refractivity contribution in [3.8, 4) is 0 Å². The largest absolute Gasteiger partial charge is 0.371 e. The monoisotopic (exact) mass is 1190 g/mol. The van der Waals surface area contributed by atoms with Gasteiger partial charge in [0, 0.05) is 72.1 Å². The van der Waals surface area contributed by atoms with E-state index in [2.05, 4.69) is 66.4 Å². The van der Waals surface area contributed by atoms with Crippen LogP contribution in [0.1, 0.15) is 120 Å². The number of aliphatic hydroxyl groups excluding tert-OH is 1. The molecule has 0 spiro atoms. The predicted molar refractivity (Wildman–Crippen MR) is 324 cm³/mol. The Bertz CT molecular complexity index is 3280. The molecular weight excluding hydrogens is 1110 g/mol. The molecule has 0 aliphatic rings. The fourth-order valence-corrected chi connectivity index (χ4v) is 10.7. The molecule has 0 bridgehead atoms. The van der Waals surface area contributed by atoms with Crippen LogP contribution in [0.3, 0.4) is 0 Å². The zero-order chi connectivity index (χ0) is 60.0. The van der Waals surface area contributed by atoms with E-state index >= 15 is 0 Å². The Hall–Kier alpha value is -8.00. The van der Waals surface area contributed by atoms with Gasteiger partial charge in [-0.1, -0.05) is 77.3 Å². The Labute approximate surface area is 493 Å². The van der Waals surface area contributed by atoms with Gasteiger partial charge in [0.15, 0.2) is 37.6 Å². The molecule has 0 aliphatic heterocycles. The number of anilines is 6. The molecular formula is C60H80N12O10S2+2. The number of hydrogen-bond donors (Lipinski definition) is 11. The zero-order valence-electron chi connectivity index (χ0n) is 47.7. The number of hydrazine groups is 2. The summed E-state index contributed by atoms with van der Waals surface area (Å²) in [5.74, 6) is -0.956. The minimum atomic E-state index is -3.96. The molecule has 4 amide bonds. The maximum absolute atomic E-state index is 13.2. The summed E-state index contributed by atoms with van der Waals surface area (Å²) in [6.07, 6.45) is 18.0. The summed E-state index contributed by atoms with van der Waals surface area (Å²) >= 11 is 0. The van der Waals surface area contributed by atoms with Crippen LogP contribution in [0.5, 0.6) is 0 Å². The number of pyridine rings is 2. The fraction of sp³-hybridized carbons (Fsp3) is 0.367. The predicted octanol–water partition coefficient (Wildman–Crippen LogP) is 7.77. The molecule has 2 aromatic heterocycles. The van der Waals surface area contributed by atoms with Gasteiger partial charge in [0.05, 0.1) is 22.1 Å². The first-order chi connectivity index (χ1) is 40.6. The highest BCUT2D eigenvalue weighted by molar-refractivity contribution is 7.93. The lowest BCUT2D eigenvalue weighted by Crippen LogP contribution is -2.47. The van der Waals surface area contributed by atoms with Crippen molar-refractivity contribution in [3.63, 3.8) is 0 Å². The summed E-state index contributed by atoms with van der Waals surface area (Å²) in [5.41, 5.74) is 18.0. The number of nitrogens with one attached hydrogen (secondary N) is 10. The van der Waals surface area contributed by atoms with Crippen molar-refractivity contribution in [1.82, 2.24) is 21.6 Å². The maximum atomic E-state index is 13.2. The van der Waals surface area contributed by atoms with Gasteiger partial charge in [0.1, 0.15) is 5.56 Å². The summed E-state index contributed by atoms with van der Waals surface area (Å²) in [6, 6.07) is 32.1. The van der Waals surface area contributed by atoms with Crippen LogP contribution in [0.4, 0.5) is 34.1 Å². The van der Waals surface area contributed by atoms with Crippen molar-refractivity contribution in [2.45, 2.75) is 139 Å². The average Bonchev–Trinajstić information content (AvgIpc) is 3.68. The first kappa shape index (κ1) is 65.2. The Balaban J connectivity index is 0.795. The van der Waals surface area contributed by atoms with Gasteiger partial charge in [0.25, 0.3) is 26.0 Å². The molecule has 6 rings (SSSR count). The molecule has 1 atom stereocenters. The number of nitrogens with zero attached hydrogens (tertiary/aromatic N) is 2. The smallest absolute Gasteiger partial charge is 0.304 e. The van der Waals surface area contributed by atoms with E-state index < -0.39 is 26.3 Å². The summed E-state index contributed by atoms with van der Waals surface area (Å²) < 4.78 is 61.1. The highest BCUT2D eigenvalue weighted by atomic mass is 32.2. The van der Waals surface area contributed by atoms with Crippen LogP contribution in [-0.4, -0.2) is 64.9 Å². The number of unbranched alkanes of at least 4 members (excludes halogenated alkanes) is 9. The Morgan fingerprint density at radius 3 is 1.64 bits per heavy atom. The second kappa shape index (κ2) is 34.6. The molecule has 0 saturated heterocycles. The lowest BCUT2D eigenvalue weighted by atomic mass is 10.1. The molecule has 450 valence electrons. The number of aliphatic hydroxyl groups is 1. The van der Waals surface area contributed by atoms with E-state index in [1.807, 2.05) is 29.1 Å². The number of hydrogen-bond acceptors (Lipinski definition) is 14. The van der Waals surface area contributed by atoms with Crippen molar-refractivity contribution in [1.29, 1.82) is 0 Å². The normalized spacial score (nSPS) is 11.7. The van der Waals surface area contributed by atoms with Gasteiger partial charge in [-0.2, -0.15) is 4.57 Å². The minimum Gasteiger partial charge on any atom is -0.371 e. The number of carbonyl (C=O) groups is 4. The third-order valence-corrected chi connectivity index (χ3v) is 15.7. The van der Waals surface area contributed by atoms with E-state index in [1.165, 1.54) is 24.3 Å². The summed E-state index contributed by atoms with van der Waals surface area (Å²) in [6.45, 7) is 5.77. The quantitative estimate of drug-likeness (QED) is 0.00764. The number of benzene rings is 4. The molecule has 4 aromatic carbocycles. The second-order valence-corrected chi connectivity index (χ2v) is 23.5. The molecule has 2 heterocycles. The van der Waals surface area contributed by atoms with Gasteiger partial charge < -0.3 is 26.5 Å². The first-order valence-corrected chi connectivity index (χ1v) is 31.4.